The number of carbonyl (C=O) groups excluding carboxylic acids is 1. The van der Waals surface area contributed by atoms with Crippen LogP contribution in [0.15, 0.2) is 89.2 Å². The van der Waals surface area contributed by atoms with Gasteiger partial charge in [0.2, 0.25) is 5.91 Å². The number of hydrogen-bond donors (Lipinski definition) is 1. The lowest BCUT2D eigenvalue weighted by Crippen LogP contribution is -2.39. The van der Waals surface area contributed by atoms with E-state index in [4.69, 9.17) is 0 Å². The van der Waals surface area contributed by atoms with Gasteiger partial charge in [0.1, 0.15) is 5.82 Å². The molecule has 0 saturated carbocycles. The molecule has 4 aromatic rings. The Morgan fingerprint density at radius 3 is 2.33 bits per heavy atom. The molecule has 33 heavy (non-hydrogen) atoms. The van der Waals surface area contributed by atoms with Gasteiger partial charge in [-0.05, 0) is 74.5 Å². The summed E-state index contributed by atoms with van der Waals surface area (Å²) in [6.07, 6.45) is 3.94. The van der Waals surface area contributed by atoms with E-state index in [2.05, 4.69) is 35.0 Å². The highest BCUT2D eigenvalue weighted by Gasteiger charge is 2.25. The predicted molar refractivity (Wildman–Crippen MR) is 127 cm³/mol. The van der Waals surface area contributed by atoms with Crippen molar-refractivity contribution in [1.82, 2.24) is 19.5 Å². The van der Waals surface area contributed by atoms with Crippen molar-refractivity contribution >= 4 is 28.6 Å². The van der Waals surface area contributed by atoms with Gasteiger partial charge in [-0.2, -0.15) is 10.2 Å². The molecule has 0 bridgehead atoms. The highest BCUT2D eigenvalue weighted by atomic mass is 16.2. The summed E-state index contributed by atoms with van der Waals surface area (Å²) in [6.45, 7) is 2.10. The van der Waals surface area contributed by atoms with Crippen LogP contribution in [0.4, 0.5) is 17.1 Å². The Labute approximate surface area is 192 Å². The number of carbonyl (C=O) groups is 1. The van der Waals surface area contributed by atoms with E-state index < -0.39 is 0 Å². The highest BCUT2D eigenvalue weighted by molar-refractivity contribution is 5.92. The molecule has 8 nitrogen and oxygen atoms in total. The number of azo groups is 1. The molecular formula is C25H25N7O. The van der Waals surface area contributed by atoms with E-state index in [-0.39, 0.29) is 5.91 Å². The number of nitrogens with one attached hydrogen (secondary N) is 1. The second-order valence-corrected chi connectivity index (χ2v) is 8.17. The van der Waals surface area contributed by atoms with Crippen molar-refractivity contribution in [3.63, 3.8) is 0 Å². The second-order valence-electron chi connectivity index (χ2n) is 8.17. The first-order valence-corrected chi connectivity index (χ1v) is 11.1. The molecule has 166 valence electrons. The fourth-order valence-electron chi connectivity index (χ4n) is 4.11. The van der Waals surface area contributed by atoms with Crippen molar-refractivity contribution in [2.75, 3.05) is 25.0 Å². The van der Waals surface area contributed by atoms with Crippen LogP contribution in [0.2, 0.25) is 0 Å². The minimum atomic E-state index is -0.0139. The average Bonchev–Trinajstić information content (AvgIpc) is 3.29. The number of hydrogen-bond acceptors (Lipinski definition) is 6. The van der Waals surface area contributed by atoms with E-state index in [1.54, 1.807) is 0 Å². The van der Waals surface area contributed by atoms with Gasteiger partial charge in [-0.3, -0.25) is 14.1 Å². The van der Waals surface area contributed by atoms with Crippen LogP contribution >= 0.6 is 0 Å². The van der Waals surface area contributed by atoms with Crippen molar-refractivity contribution < 1.29 is 4.79 Å². The zero-order chi connectivity index (χ0) is 22.5. The van der Waals surface area contributed by atoms with Gasteiger partial charge in [-0.15, -0.1) is 10.2 Å². The highest BCUT2D eigenvalue weighted by Crippen LogP contribution is 2.27. The summed E-state index contributed by atoms with van der Waals surface area (Å²) in [7, 11) is 0. The lowest BCUT2D eigenvalue weighted by molar-refractivity contribution is -0.117. The van der Waals surface area contributed by atoms with Crippen molar-refractivity contribution in [1.29, 1.82) is 0 Å². The summed E-state index contributed by atoms with van der Waals surface area (Å²) in [4.78, 5) is 14.7. The largest absolute Gasteiger partial charge is 0.325 e. The lowest BCUT2D eigenvalue weighted by atomic mass is 9.96. The van der Waals surface area contributed by atoms with Crippen LogP contribution in [-0.4, -0.2) is 45.0 Å². The lowest BCUT2D eigenvalue weighted by Gasteiger charge is -2.30. The number of rotatable bonds is 6. The Morgan fingerprint density at radius 1 is 0.879 bits per heavy atom. The molecule has 0 aliphatic carbocycles. The first-order chi connectivity index (χ1) is 16.2. The Bertz CT molecular complexity index is 1240. The summed E-state index contributed by atoms with van der Waals surface area (Å²) in [6, 6.07) is 22.9. The van der Waals surface area contributed by atoms with Crippen molar-refractivity contribution in [3.05, 3.63) is 84.8 Å². The maximum atomic E-state index is 12.5. The number of benzene rings is 2. The topological polar surface area (TPSA) is 87.2 Å². The van der Waals surface area contributed by atoms with Gasteiger partial charge in [0.15, 0.2) is 5.65 Å². The van der Waals surface area contributed by atoms with Crippen LogP contribution in [0.5, 0.6) is 0 Å². The summed E-state index contributed by atoms with van der Waals surface area (Å²) < 4.78 is 2.07. The molecule has 1 amide bonds. The first-order valence-electron chi connectivity index (χ1n) is 11.1. The quantitative estimate of drug-likeness (QED) is 0.430. The zero-order valence-electron chi connectivity index (χ0n) is 18.2. The number of likely N-dealkylation sites (tertiary alicyclic amines) is 1. The number of fused-ring (bicyclic) bond motifs is 1. The number of aromatic nitrogens is 3. The van der Waals surface area contributed by atoms with E-state index in [9.17, 15) is 4.79 Å². The van der Waals surface area contributed by atoms with Gasteiger partial charge in [-0.1, -0.05) is 24.3 Å². The fourth-order valence-corrected chi connectivity index (χ4v) is 4.11. The number of nitrogens with zero attached hydrogens (tertiary/aromatic N) is 6. The molecule has 5 rings (SSSR count). The van der Waals surface area contributed by atoms with Crippen LogP contribution in [0.3, 0.4) is 0 Å². The molecule has 2 aromatic carbocycles. The van der Waals surface area contributed by atoms with Crippen LogP contribution in [0.25, 0.3) is 5.65 Å². The monoisotopic (exact) mass is 439 g/mol. The Morgan fingerprint density at radius 2 is 1.58 bits per heavy atom. The maximum Gasteiger partial charge on any atom is 0.238 e. The van der Waals surface area contributed by atoms with Gasteiger partial charge in [0.25, 0.3) is 0 Å². The fraction of sp³-hybridized carbons (Fsp3) is 0.240. The molecule has 1 N–H and O–H groups in total. The van der Waals surface area contributed by atoms with Crippen LogP contribution in [0, 0.1) is 0 Å². The van der Waals surface area contributed by atoms with Gasteiger partial charge >= 0.3 is 0 Å². The summed E-state index contributed by atoms with van der Waals surface area (Å²) >= 11 is 0. The van der Waals surface area contributed by atoms with E-state index in [0.29, 0.717) is 12.5 Å². The third-order valence-electron chi connectivity index (χ3n) is 5.85. The Kier molecular flexibility index (Phi) is 6.16. The summed E-state index contributed by atoms with van der Waals surface area (Å²) in [5.41, 5.74) is 3.17. The third kappa shape index (κ3) is 5.12. The normalized spacial score (nSPS) is 15.3. The van der Waals surface area contributed by atoms with Crippen LogP contribution in [0.1, 0.15) is 24.6 Å². The van der Waals surface area contributed by atoms with Crippen molar-refractivity contribution in [3.8, 4) is 0 Å². The number of amides is 1. The molecule has 3 heterocycles. The van der Waals surface area contributed by atoms with Crippen LogP contribution < -0.4 is 5.32 Å². The minimum Gasteiger partial charge on any atom is -0.325 e. The molecule has 1 saturated heterocycles. The number of piperidine rings is 1. The molecule has 1 aliphatic rings. The molecule has 0 unspecified atom stereocenters. The second kappa shape index (κ2) is 9.70. The van der Waals surface area contributed by atoms with E-state index in [1.807, 2.05) is 79.0 Å². The van der Waals surface area contributed by atoms with Crippen LogP contribution in [-0.2, 0) is 4.79 Å². The Hall–Kier alpha value is -3.91. The molecule has 8 heteroatoms. The molecular weight excluding hydrogens is 414 g/mol. The third-order valence-corrected chi connectivity index (χ3v) is 5.85. The molecule has 0 radical (unpaired) electrons. The van der Waals surface area contributed by atoms with Gasteiger partial charge < -0.3 is 5.32 Å². The SMILES string of the molecule is O=C(CN1CCC(c2nnc3ccccn23)CC1)Nc1ccc(N=Nc2ccccc2)cc1. The minimum absolute atomic E-state index is 0.0139. The van der Waals surface area contributed by atoms with E-state index in [1.165, 1.54) is 0 Å². The standard InChI is InChI=1S/C25H25N7O/c33-24(26-20-9-11-22(12-10-20)28-27-21-6-2-1-3-7-21)18-31-16-13-19(14-17-31)25-30-29-23-8-4-5-15-32(23)25/h1-12,15,19H,13-14,16-18H2,(H,26,33). The number of pyridine rings is 1. The van der Waals surface area contributed by atoms with Gasteiger partial charge in [-0.25, -0.2) is 0 Å². The molecule has 1 fully saturated rings. The summed E-state index contributed by atoms with van der Waals surface area (Å²) in [5, 5.41) is 20.1. The van der Waals surface area contributed by atoms with Crippen molar-refractivity contribution in [2.24, 2.45) is 10.2 Å². The number of anilines is 1. The molecule has 0 atom stereocenters. The smallest absolute Gasteiger partial charge is 0.238 e. The predicted octanol–water partition coefficient (Wildman–Crippen LogP) is 4.96. The van der Waals surface area contributed by atoms with Gasteiger partial charge in [0.05, 0.1) is 17.9 Å². The summed E-state index contributed by atoms with van der Waals surface area (Å²) in [5.74, 6) is 1.36. The average molecular weight is 440 g/mol. The first kappa shape index (κ1) is 21.0. The molecule has 1 aliphatic heterocycles. The van der Waals surface area contributed by atoms with Gasteiger partial charge in [0, 0.05) is 17.8 Å². The Balaban J connectivity index is 1.11. The van der Waals surface area contributed by atoms with E-state index >= 15 is 0 Å². The van der Waals surface area contributed by atoms with Crippen molar-refractivity contribution in [2.45, 2.75) is 18.8 Å². The van der Waals surface area contributed by atoms with E-state index in [0.717, 1.165) is 54.5 Å². The maximum absolute atomic E-state index is 12.5. The molecule has 0 spiro atoms. The molecule has 2 aromatic heterocycles. The zero-order valence-corrected chi connectivity index (χ0v) is 18.2.